The second kappa shape index (κ2) is 57.4. The summed E-state index contributed by atoms with van der Waals surface area (Å²) in [6, 6.07) is -0.997. The van der Waals surface area contributed by atoms with Gasteiger partial charge in [-0.25, -0.2) is 0 Å². The molecule has 12 N–H and O–H groups in total. The van der Waals surface area contributed by atoms with E-state index in [2.05, 4.69) is 55.6 Å². The van der Waals surface area contributed by atoms with Crippen molar-refractivity contribution in [2.24, 2.45) is 0 Å². The summed E-state index contributed by atoms with van der Waals surface area (Å²) in [5, 5.41) is 121. The number of unbranched alkanes of at least 4 members (excludes halogenated alkanes) is 38. The van der Waals surface area contributed by atoms with E-state index in [1.807, 2.05) is 6.08 Å². The molecular formula is C76H139NO18. The molecule has 0 aromatic heterocycles. The van der Waals surface area contributed by atoms with Gasteiger partial charge < -0.3 is 89.9 Å². The molecule has 0 aromatic carbocycles. The minimum absolute atomic E-state index is 0.233. The molecule has 0 bridgehead atoms. The summed E-state index contributed by atoms with van der Waals surface area (Å²) < 4.78 is 34.4. The van der Waals surface area contributed by atoms with Crippen LogP contribution in [0.25, 0.3) is 0 Å². The number of carbonyl (C=O) groups is 1. The van der Waals surface area contributed by atoms with Crippen LogP contribution in [0.3, 0.4) is 0 Å². The van der Waals surface area contributed by atoms with Gasteiger partial charge in [-0.3, -0.25) is 4.79 Å². The predicted molar refractivity (Wildman–Crippen MR) is 374 cm³/mol. The van der Waals surface area contributed by atoms with Gasteiger partial charge in [-0.05, 0) is 70.6 Å². The highest BCUT2D eigenvalue weighted by molar-refractivity contribution is 5.76. The highest BCUT2D eigenvalue weighted by atomic mass is 16.8. The lowest BCUT2D eigenvalue weighted by Crippen LogP contribution is -2.66. The summed E-state index contributed by atoms with van der Waals surface area (Å²) >= 11 is 0. The lowest BCUT2D eigenvalue weighted by atomic mass is 9.96. The van der Waals surface area contributed by atoms with Gasteiger partial charge in [-0.15, -0.1) is 0 Å². The number of amides is 1. The molecule has 3 heterocycles. The highest BCUT2D eigenvalue weighted by Crippen LogP contribution is 2.33. The Labute approximate surface area is 573 Å². The molecule has 3 aliphatic rings. The van der Waals surface area contributed by atoms with Gasteiger partial charge in [0.25, 0.3) is 0 Å². The van der Waals surface area contributed by atoms with Crippen LogP contribution in [-0.2, 0) is 33.2 Å². The molecule has 556 valence electrons. The first-order valence-corrected chi connectivity index (χ1v) is 38.4. The summed E-state index contributed by atoms with van der Waals surface area (Å²) in [6.45, 7) is 1.74. The summed E-state index contributed by atoms with van der Waals surface area (Å²) in [6.07, 6.45) is 43.8. The van der Waals surface area contributed by atoms with E-state index < -0.39 is 124 Å². The second-order valence-corrected chi connectivity index (χ2v) is 27.4. The third kappa shape index (κ3) is 38.4. The Morgan fingerprint density at radius 1 is 0.368 bits per heavy atom. The Balaban J connectivity index is 1.41. The number of ether oxygens (including phenoxy) is 6. The summed E-state index contributed by atoms with van der Waals surface area (Å²) in [5.41, 5.74) is 0. The zero-order chi connectivity index (χ0) is 68.9. The molecule has 3 rings (SSSR count). The van der Waals surface area contributed by atoms with Gasteiger partial charge in [-0.2, -0.15) is 0 Å². The minimum Gasteiger partial charge on any atom is -0.394 e. The monoisotopic (exact) mass is 1350 g/mol. The molecule has 0 saturated carbocycles. The lowest BCUT2D eigenvalue weighted by molar-refractivity contribution is -0.379. The van der Waals surface area contributed by atoms with Crippen LogP contribution in [0.2, 0.25) is 0 Å². The van der Waals surface area contributed by atoms with E-state index in [4.69, 9.17) is 28.4 Å². The molecule has 3 saturated heterocycles. The fourth-order valence-electron chi connectivity index (χ4n) is 12.9. The molecule has 17 atom stereocenters. The van der Waals surface area contributed by atoms with Crippen molar-refractivity contribution in [1.29, 1.82) is 0 Å². The summed E-state index contributed by atoms with van der Waals surface area (Å²) in [5.74, 6) is -0.286. The van der Waals surface area contributed by atoms with Crippen LogP contribution >= 0.6 is 0 Å². The normalized spacial score (nSPS) is 27.4. The molecule has 19 heteroatoms. The topological polar surface area (TPSA) is 307 Å². The molecule has 3 aliphatic heterocycles. The third-order valence-electron chi connectivity index (χ3n) is 19.1. The molecule has 19 nitrogen and oxygen atoms in total. The van der Waals surface area contributed by atoms with Gasteiger partial charge in [0.2, 0.25) is 5.91 Å². The Kier molecular flexibility index (Phi) is 52.5. The van der Waals surface area contributed by atoms with Crippen LogP contribution in [0.5, 0.6) is 0 Å². The van der Waals surface area contributed by atoms with Crippen molar-refractivity contribution in [3.63, 3.8) is 0 Å². The van der Waals surface area contributed by atoms with Crippen molar-refractivity contribution >= 4 is 5.91 Å². The molecule has 0 radical (unpaired) electrons. The van der Waals surface area contributed by atoms with Crippen LogP contribution in [0, 0.1) is 0 Å². The van der Waals surface area contributed by atoms with Crippen molar-refractivity contribution in [3.05, 3.63) is 48.6 Å². The van der Waals surface area contributed by atoms with Crippen molar-refractivity contribution in [2.75, 3.05) is 26.4 Å². The van der Waals surface area contributed by atoms with Gasteiger partial charge in [0.05, 0.1) is 38.6 Å². The Morgan fingerprint density at radius 3 is 1.05 bits per heavy atom. The Bertz CT molecular complexity index is 1910. The number of nitrogens with one attached hydrogen (secondary N) is 1. The van der Waals surface area contributed by atoms with Gasteiger partial charge in [0.1, 0.15) is 73.2 Å². The zero-order valence-electron chi connectivity index (χ0n) is 59.2. The van der Waals surface area contributed by atoms with Gasteiger partial charge in [0.15, 0.2) is 18.9 Å². The molecule has 0 aromatic rings. The lowest BCUT2D eigenvalue weighted by Gasteiger charge is -2.48. The second-order valence-electron chi connectivity index (χ2n) is 27.4. The number of aliphatic hydroxyl groups is 11. The first-order chi connectivity index (χ1) is 46.3. The standard InChI is InChI=1S/C76H139NO18/c1-3-5-7-9-11-13-15-17-19-21-23-25-27-28-29-30-32-34-36-38-40-42-44-46-48-50-52-54-64(82)77-59(60(81)53-51-49-47-45-43-41-39-37-35-33-31-26-24-22-20-18-16-14-12-10-8-6-4-2)58-90-74-70(88)67(85)72(62(56-79)92-74)95-76-71(89)68(86)73(63(57-80)93-76)94-75-69(87)66(84)65(83)61(55-78)91-75/h21,23,35,37,43,45,51,53,59-63,65-76,78-81,83-89H,3-20,22,24-34,36,38-42,44,46-50,52,54-58H2,1-2H3,(H,77,82)/b23-21-,37-35+,45-43+,53-51+. The van der Waals surface area contributed by atoms with E-state index in [1.54, 1.807) is 6.08 Å². The Morgan fingerprint density at radius 2 is 0.674 bits per heavy atom. The SMILES string of the molecule is CCCCCCCCCC/C=C\CCCCCCCCCCCCCCCCCC(=O)NC(COC1OC(CO)C(OC2OC(CO)C(OC3OC(CO)C(O)C(O)C3O)C(O)C2O)C(O)C1O)C(O)/C=C/CC/C=C/CC/C=C/CCCCCCCCCCCCCCC. The quantitative estimate of drug-likeness (QED) is 0.0199. The van der Waals surface area contributed by atoms with E-state index in [9.17, 15) is 61.0 Å². The average molecular weight is 1350 g/mol. The molecule has 3 fully saturated rings. The summed E-state index contributed by atoms with van der Waals surface area (Å²) in [7, 11) is 0. The van der Waals surface area contributed by atoms with Gasteiger partial charge in [0, 0.05) is 6.42 Å². The van der Waals surface area contributed by atoms with E-state index >= 15 is 0 Å². The highest BCUT2D eigenvalue weighted by Gasteiger charge is 2.53. The molecule has 17 unspecified atom stereocenters. The van der Waals surface area contributed by atoms with Crippen molar-refractivity contribution in [1.82, 2.24) is 5.32 Å². The number of rotatable bonds is 60. The van der Waals surface area contributed by atoms with E-state index in [0.717, 1.165) is 44.9 Å². The van der Waals surface area contributed by atoms with Crippen LogP contribution in [0.4, 0.5) is 0 Å². The number of carbonyl (C=O) groups excluding carboxylic acids is 1. The van der Waals surface area contributed by atoms with Crippen molar-refractivity contribution in [2.45, 2.75) is 401 Å². The summed E-state index contributed by atoms with van der Waals surface area (Å²) in [4.78, 5) is 13.4. The maximum Gasteiger partial charge on any atom is 0.220 e. The largest absolute Gasteiger partial charge is 0.394 e. The average Bonchev–Trinajstić information content (AvgIpc) is 0.787. The fraction of sp³-hybridized carbons (Fsp3) is 0.882. The Hall–Kier alpha value is -2.25. The van der Waals surface area contributed by atoms with Crippen molar-refractivity contribution in [3.8, 4) is 0 Å². The van der Waals surface area contributed by atoms with Gasteiger partial charge >= 0.3 is 0 Å². The maximum atomic E-state index is 13.4. The van der Waals surface area contributed by atoms with Gasteiger partial charge in [-0.1, -0.05) is 268 Å². The number of aliphatic hydroxyl groups excluding tert-OH is 11. The predicted octanol–water partition coefficient (Wildman–Crippen LogP) is 11.7. The molecular weight excluding hydrogens is 1210 g/mol. The first kappa shape index (κ1) is 87.0. The number of hydrogen-bond donors (Lipinski definition) is 12. The van der Waals surface area contributed by atoms with Crippen LogP contribution in [0.1, 0.15) is 296 Å². The number of hydrogen-bond acceptors (Lipinski definition) is 18. The maximum absolute atomic E-state index is 13.4. The zero-order valence-corrected chi connectivity index (χ0v) is 59.2. The fourth-order valence-corrected chi connectivity index (χ4v) is 12.9. The first-order valence-electron chi connectivity index (χ1n) is 38.4. The van der Waals surface area contributed by atoms with E-state index in [0.29, 0.717) is 12.8 Å². The van der Waals surface area contributed by atoms with Crippen molar-refractivity contribution < 1.29 is 89.4 Å². The van der Waals surface area contributed by atoms with E-state index in [-0.39, 0.29) is 18.9 Å². The third-order valence-corrected chi connectivity index (χ3v) is 19.1. The molecule has 0 spiro atoms. The number of allylic oxidation sites excluding steroid dienone is 7. The van der Waals surface area contributed by atoms with Crippen LogP contribution in [-0.4, -0.2) is 193 Å². The minimum atomic E-state index is -1.98. The molecule has 1 amide bonds. The van der Waals surface area contributed by atoms with Crippen LogP contribution in [0.15, 0.2) is 48.6 Å². The molecule has 95 heavy (non-hydrogen) atoms. The molecule has 0 aliphatic carbocycles. The smallest absolute Gasteiger partial charge is 0.220 e. The van der Waals surface area contributed by atoms with Crippen LogP contribution < -0.4 is 5.32 Å². The van der Waals surface area contributed by atoms with E-state index in [1.165, 1.54) is 218 Å².